The molecule has 0 fully saturated rings. The van der Waals surface area contributed by atoms with E-state index in [9.17, 15) is 9.59 Å². The number of hydrogen-bond donors (Lipinski definition) is 0. The molecule has 21 heavy (non-hydrogen) atoms. The molecule has 0 aromatic heterocycles. The van der Waals surface area contributed by atoms with Crippen molar-refractivity contribution >= 4 is 17.8 Å². The van der Waals surface area contributed by atoms with E-state index in [1.807, 2.05) is 19.1 Å². The topological polar surface area (TPSA) is 67.2 Å². The van der Waals surface area contributed by atoms with Gasteiger partial charge in [0.1, 0.15) is 11.6 Å². The number of aryl methyl sites for hydroxylation is 1. The normalized spacial score (nSPS) is 11.7. The van der Waals surface area contributed by atoms with Crippen molar-refractivity contribution in [2.45, 2.75) is 27.7 Å². The van der Waals surface area contributed by atoms with Gasteiger partial charge in [0.2, 0.25) is 0 Å². The number of ether oxygens (including phenoxy) is 1. The molecule has 0 N–H and O–H groups in total. The minimum Gasteiger partial charge on any atom is -0.454 e. The van der Waals surface area contributed by atoms with Crippen LogP contribution in [0.25, 0.3) is 6.08 Å². The molecule has 4 nitrogen and oxygen atoms in total. The van der Waals surface area contributed by atoms with E-state index in [0.29, 0.717) is 0 Å². The first-order chi connectivity index (χ1) is 9.74. The van der Waals surface area contributed by atoms with Gasteiger partial charge in [0, 0.05) is 5.41 Å². The number of hydrogen-bond acceptors (Lipinski definition) is 4. The molecule has 0 aliphatic rings. The SMILES string of the molecule is Cc1ccc(/C=C(\C#N)C(=O)OCC(=O)C(C)(C)C)cc1. The summed E-state index contributed by atoms with van der Waals surface area (Å²) in [6.07, 6.45) is 1.45. The van der Waals surface area contributed by atoms with Crippen LogP contribution < -0.4 is 0 Å². The molecular formula is C17H19NO3. The molecule has 0 radical (unpaired) electrons. The minimum absolute atomic E-state index is 0.124. The van der Waals surface area contributed by atoms with Crippen LogP contribution in [0.2, 0.25) is 0 Å². The Balaban J connectivity index is 2.77. The first-order valence-corrected chi connectivity index (χ1v) is 6.63. The van der Waals surface area contributed by atoms with Gasteiger partial charge >= 0.3 is 5.97 Å². The van der Waals surface area contributed by atoms with Crippen LogP contribution in [-0.4, -0.2) is 18.4 Å². The molecule has 0 atom stereocenters. The quantitative estimate of drug-likeness (QED) is 0.484. The summed E-state index contributed by atoms with van der Waals surface area (Å²) in [5.41, 5.74) is 1.12. The molecule has 4 heteroatoms. The zero-order valence-corrected chi connectivity index (χ0v) is 12.8. The highest BCUT2D eigenvalue weighted by atomic mass is 16.5. The molecule has 0 bridgehead atoms. The number of carbonyl (C=O) groups is 2. The number of benzene rings is 1. The fourth-order valence-electron chi connectivity index (χ4n) is 1.39. The fourth-order valence-corrected chi connectivity index (χ4v) is 1.39. The van der Waals surface area contributed by atoms with E-state index in [2.05, 4.69) is 0 Å². The Hall–Kier alpha value is -2.41. The van der Waals surface area contributed by atoms with E-state index >= 15 is 0 Å². The second-order valence-electron chi connectivity index (χ2n) is 5.83. The maximum atomic E-state index is 11.8. The zero-order valence-electron chi connectivity index (χ0n) is 12.8. The average molecular weight is 285 g/mol. The van der Waals surface area contributed by atoms with Crippen LogP contribution in [0, 0.1) is 23.7 Å². The van der Waals surface area contributed by atoms with Gasteiger partial charge in [-0.05, 0) is 18.6 Å². The Morgan fingerprint density at radius 2 is 1.81 bits per heavy atom. The molecule has 0 aliphatic heterocycles. The standard InChI is InChI=1S/C17H19NO3/c1-12-5-7-13(8-6-12)9-14(10-18)16(20)21-11-15(19)17(2,3)4/h5-9H,11H2,1-4H3/b14-9+. The van der Waals surface area contributed by atoms with Gasteiger partial charge in [-0.1, -0.05) is 50.6 Å². The van der Waals surface area contributed by atoms with Crippen LogP contribution in [0.3, 0.4) is 0 Å². The first kappa shape index (κ1) is 16.6. The van der Waals surface area contributed by atoms with E-state index in [4.69, 9.17) is 10.00 Å². The molecule has 1 rings (SSSR count). The monoisotopic (exact) mass is 285 g/mol. The summed E-state index contributed by atoms with van der Waals surface area (Å²) in [4.78, 5) is 23.5. The second-order valence-corrected chi connectivity index (χ2v) is 5.83. The lowest BCUT2D eigenvalue weighted by molar-refractivity contribution is -0.146. The third kappa shape index (κ3) is 5.23. The fraction of sp³-hybridized carbons (Fsp3) is 0.353. The number of nitriles is 1. The van der Waals surface area contributed by atoms with Gasteiger partial charge in [-0.25, -0.2) is 4.79 Å². The van der Waals surface area contributed by atoms with Crippen LogP contribution in [0.5, 0.6) is 0 Å². The molecular weight excluding hydrogens is 266 g/mol. The molecule has 0 unspecified atom stereocenters. The summed E-state index contributed by atoms with van der Waals surface area (Å²) in [5, 5.41) is 9.03. The van der Waals surface area contributed by atoms with Crippen molar-refractivity contribution in [3.05, 3.63) is 41.0 Å². The van der Waals surface area contributed by atoms with Crippen LogP contribution in [0.15, 0.2) is 29.8 Å². The summed E-state index contributed by atoms with van der Waals surface area (Å²) in [5.74, 6) is -0.973. The number of ketones is 1. The maximum Gasteiger partial charge on any atom is 0.349 e. The molecule has 0 saturated heterocycles. The lowest BCUT2D eigenvalue weighted by atomic mass is 9.91. The highest BCUT2D eigenvalue weighted by molar-refractivity contribution is 5.99. The zero-order chi connectivity index (χ0) is 16.0. The number of carbonyl (C=O) groups excluding carboxylic acids is 2. The predicted octanol–water partition coefficient (Wildman–Crippen LogP) is 3.06. The third-order valence-electron chi connectivity index (χ3n) is 2.90. The summed E-state index contributed by atoms with van der Waals surface area (Å²) < 4.78 is 4.90. The highest BCUT2D eigenvalue weighted by Gasteiger charge is 2.23. The molecule has 0 saturated carbocycles. The van der Waals surface area contributed by atoms with Crippen molar-refractivity contribution in [3.8, 4) is 6.07 Å². The van der Waals surface area contributed by atoms with Crippen LogP contribution >= 0.6 is 0 Å². The maximum absolute atomic E-state index is 11.8. The summed E-state index contributed by atoms with van der Waals surface area (Å²) in [7, 11) is 0. The molecule has 1 aromatic carbocycles. The Labute approximate surface area is 125 Å². The van der Waals surface area contributed by atoms with Gasteiger partial charge in [-0.15, -0.1) is 0 Å². The number of nitrogens with zero attached hydrogens (tertiary/aromatic N) is 1. The smallest absolute Gasteiger partial charge is 0.349 e. The van der Waals surface area contributed by atoms with Crippen LogP contribution in [0.1, 0.15) is 31.9 Å². The Morgan fingerprint density at radius 1 is 1.24 bits per heavy atom. The molecule has 0 heterocycles. The van der Waals surface area contributed by atoms with Crippen molar-refractivity contribution in [2.24, 2.45) is 5.41 Å². The lowest BCUT2D eigenvalue weighted by Gasteiger charge is -2.15. The predicted molar refractivity (Wildman–Crippen MR) is 80.2 cm³/mol. The van der Waals surface area contributed by atoms with Crippen molar-refractivity contribution < 1.29 is 14.3 Å². The Morgan fingerprint density at radius 3 is 2.29 bits per heavy atom. The second kappa shape index (κ2) is 6.85. The highest BCUT2D eigenvalue weighted by Crippen LogP contribution is 2.15. The van der Waals surface area contributed by atoms with Crippen molar-refractivity contribution in [1.29, 1.82) is 5.26 Å². The summed E-state index contributed by atoms with van der Waals surface area (Å²) in [6.45, 7) is 6.86. The number of esters is 1. The Bertz CT molecular complexity index is 598. The molecule has 0 amide bonds. The lowest BCUT2D eigenvalue weighted by Crippen LogP contribution is -2.26. The van der Waals surface area contributed by atoms with Crippen molar-refractivity contribution in [1.82, 2.24) is 0 Å². The van der Waals surface area contributed by atoms with Gasteiger partial charge < -0.3 is 4.74 Å². The molecule has 110 valence electrons. The van der Waals surface area contributed by atoms with E-state index in [-0.39, 0.29) is 18.0 Å². The summed E-state index contributed by atoms with van der Waals surface area (Å²) >= 11 is 0. The number of Topliss-reactive ketones (excluding diaryl/α,β-unsaturated/α-hetero) is 1. The van der Waals surface area contributed by atoms with Crippen molar-refractivity contribution in [2.75, 3.05) is 6.61 Å². The van der Waals surface area contributed by atoms with Gasteiger partial charge in [0.15, 0.2) is 12.4 Å². The molecule has 0 aliphatic carbocycles. The molecule has 0 spiro atoms. The molecule has 1 aromatic rings. The van der Waals surface area contributed by atoms with E-state index in [1.54, 1.807) is 39.0 Å². The number of rotatable bonds is 4. The Kier molecular flexibility index (Phi) is 5.43. The largest absolute Gasteiger partial charge is 0.454 e. The van der Waals surface area contributed by atoms with Gasteiger partial charge in [-0.2, -0.15) is 5.26 Å². The third-order valence-corrected chi connectivity index (χ3v) is 2.90. The summed E-state index contributed by atoms with van der Waals surface area (Å²) in [6, 6.07) is 9.18. The van der Waals surface area contributed by atoms with Gasteiger partial charge in [0.05, 0.1) is 0 Å². The van der Waals surface area contributed by atoms with Crippen LogP contribution in [-0.2, 0) is 14.3 Å². The average Bonchev–Trinajstić information content (AvgIpc) is 2.42. The van der Waals surface area contributed by atoms with Gasteiger partial charge in [0.25, 0.3) is 0 Å². The first-order valence-electron chi connectivity index (χ1n) is 6.63. The minimum atomic E-state index is -0.782. The van der Waals surface area contributed by atoms with Gasteiger partial charge in [-0.3, -0.25) is 4.79 Å². The van der Waals surface area contributed by atoms with Crippen LogP contribution in [0.4, 0.5) is 0 Å². The van der Waals surface area contributed by atoms with E-state index in [1.165, 1.54) is 6.08 Å². The van der Waals surface area contributed by atoms with Crippen molar-refractivity contribution in [3.63, 3.8) is 0 Å². The van der Waals surface area contributed by atoms with E-state index in [0.717, 1.165) is 11.1 Å². The van der Waals surface area contributed by atoms with E-state index < -0.39 is 11.4 Å².